The van der Waals surface area contributed by atoms with Gasteiger partial charge in [0.1, 0.15) is 6.54 Å². The lowest BCUT2D eigenvalue weighted by atomic mass is 9.85. The highest BCUT2D eigenvalue weighted by Gasteiger charge is 2.49. The molecule has 136 valence electrons. The van der Waals surface area contributed by atoms with Gasteiger partial charge in [0.2, 0.25) is 5.91 Å². The average molecular weight is 350 g/mol. The van der Waals surface area contributed by atoms with Gasteiger partial charge in [-0.25, -0.2) is 14.5 Å². The van der Waals surface area contributed by atoms with E-state index in [1.54, 1.807) is 0 Å². The van der Waals surface area contributed by atoms with Gasteiger partial charge in [-0.2, -0.15) is 0 Å². The first-order chi connectivity index (χ1) is 11.9. The molecule has 3 rings (SSSR count). The van der Waals surface area contributed by atoms with Gasteiger partial charge in [0, 0.05) is 12.1 Å². The third-order valence-corrected chi connectivity index (χ3v) is 4.95. The fourth-order valence-electron chi connectivity index (χ4n) is 3.39. The van der Waals surface area contributed by atoms with Gasteiger partial charge in [-0.1, -0.05) is 19.8 Å². The van der Waals surface area contributed by atoms with Crippen LogP contribution < -0.4 is 10.6 Å². The quantitative estimate of drug-likeness (QED) is 0.560. The van der Waals surface area contributed by atoms with Gasteiger partial charge in [0.05, 0.1) is 0 Å². The number of carbonyl (C=O) groups is 5. The Balaban J connectivity index is 1.62. The number of imide groups is 3. The van der Waals surface area contributed by atoms with Gasteiger partial charge >= 0.3 is 23.9 Å². The smallest absolute Gasteiger partial charge is 0.334 e. The molecule has 3 aliphatic rings. The van der Waals surface area contributed by atoms with Crippen molar-refractivity contribution < 1.29 is 24.0 Å². The number of nitrogens with zero attached hydrogens (tertiary/aromatic N) is 2. The van der Waals surface area contributed by atoms with Crippen LogP contribution in [0, 0.1) is 5.92 Å². The molecular formula is C16H22N4O5. The third-order valence-electron chi connectivity index (χ3n) is 4.95. The molecule has 0 bridgehead atoms. The topological polar surface area (TPSA) is 116 Å². The van der Waals surface area contributed by atoms with Gasteiger partial charge < -0.3 is 5.32 Å². The van der Waals surface area contributed by atoms with E-state index in [1.165, 1.54) is 0 Å². The molecule has 2 aliphatic carbocycles. The van der Waals surface area contributed by atoms with Crippen molar-refractivity contribution in [2.45, 2.75) is 57.5 Å². The van der Waals surface area contributed by atoms with E-state index in [0.717, 1.165) is 37.0 Å². The van der Waals surface area contributed by atoms with E-state index in [4.69, 9.17) is 0 Å². The Morgan fingerprint density at radius 2 is 1.72 bits per heavy atom. The zero-order valence-corrected chi connectivity index (χ0v) is 14.1. The summed E-state index contributed by atoms with van der Waals surface area (Å²) in [6.07, 6.45) is 5.21. The summed E-state index contributed by atoms with van der Waals surface area (Å²) < 4.78 is 0. The molecule has 3 fully saturated rings. The van der Waals surface area contributed by atoms with Gasteiger partial charge in [0.15, 0.2) is 0 Å². The summed E-state index contributed by atoms with van der Waals surface area (Å²) in [5.41, 5.74) is 0. The predicted molar refractivity (Wildman–Crippen MR) is 85.1 cm³/mol. The molecule has 0 radical (unpaired) electrons. The molecular weight excluding hydrogens is 328 g/mol. The van der Waals surface area contributed by atoms with Crippen molar-refractivity contribution in [2.24, 2.45) is 5.92 Å². The molecule has 2 saturated carbocycles. The second-order valence-corrected chi connectivity index (χ2v) is 6.97. The third kappa shape index (κ3) is 3.64. The van der Waals surface area contributed by atoms with Crippen LogP contribution in [0.1, 0.15) is 45.4 Å². The van der Waals surface area contributed by atoms with Crippen LogP contribution in [0.15, 0.2) is 0 Å². The number of rotatable bonds is 4. The predicted octanol–water partition coefficient (Wildman–Crippen LogP) is 0.344. The molecule has 2 N–H and O–H groups in total. The van der Waals surface area contributed by atoms with Crippen molar-refractivity contribution in [3.63, 3.8) is 0 Å². The van der Waals surface area contributed by atoms with E-state index in [0.29, 0.717) is 11.3 Å². The fraction of sp³-hybridized carbons (Fsp3) is 0.688. The van der Waals surface area contributed by atoms with E-state index in [9.17, 15) is 24.0 Å². The van der Waals surface area contributed by atoms with Crippen LogP contribution >= 0.6 is 0 Å². The normalized spacial score (nSPS) is 26.8. The standard InChI is InChI=1S/C16H22N4O5/c1-9-4-2-3-5-11(9)20-14(23)13(22)19(16(20)25)8-12(21)18-15(24)17-10-6-7-10/h9-11H,2-8H2,1H3,(H2,17,18,21,24)/t9-,11-/m0/s1. The molecule has 0 spiro atoms. The lowest BCUT2D eigenvalue weighted by Gasteiger charge is -2.34. The summed E-state index contributed by atoms with van der Waals surface area (Å²) in [4.78, 5) is 61.9. The molecule has 1 aliphatic heterocycles. The minimum absolute atomic E-state index is 0.0766. The molecule has 9 nitrogen and oxygen atoms in total. The van der Waals surface area contributed by atoms with Crippen molar-refractivity contribution in [1.82, 2.24) is 20.4 Å². The van der Waals surface area contributed by atoms with Gasteiger partial charge in [-0.3, -0.25) is 24.6 Å². The Hall–Kier alpha value is -2.45. The van der Waals surface area contributed by atoms with Crippen LogP contribution in [0.4, 0.5) is 9.59 Å². The molecule has 1 saturated heterocycles. The van der Waals surface area contributed by atoms with E-state index in [1.807, 2.05) is 6.92 Å². The largest absolute Gasteiger partial charge is 0.335 e. The lowest BCUT2D eigenvalue weighted by molar-refractivity contribution is -0.145. The molecule has 7 amide bonds. The monoisotopic (exact) mass is 350 g/mol. The maximum absolute atomic E-state index is 12.5. The fourth-order valence-corrected chi connectivity index (χ4v) is 3.39. The van der Waals surface area contributed by atoms with Crippen molar-refractivity contribution >= 4 is 29.8 Å². The Labute approximate surface area is 145 Å². The summed E-state index contributed by atoms with van der Waals surface area (Å²) in [5, 5.41) is 4.64. The number of hydrogen-bond acceptors (Lipinski definition) is 5. The number of hydrogen-bond donors (Lipinski definition) is 2. The summed E-state index contributed by atoms with van der Waals surface area (Å²) in [6.45, 7) is 1.31. The number of carbonyl (C=O) groups excluding carboxylic acids is 5. The number of amides is 7. The van der Waals surface area contributed by atoms with Crippen molar-refractivity contribution in [3.05, 3.63) is 0 Å². The molecule has 25 heavy (non-hydrogen) atoms. The van der Waals surface area contributed by atoms with Crippen LogP contribution in [0.5, 0.6) is 0 Å². The first kappa shape index (κ1) is 17.4. The molecule has 0 aromatic heterocycles. The Morgan fingerprint density at radius 3 is 2.36 bits per heavy atom. The van der Waals surface area contributed by atoms with Crippen molar-refractivity contribution in [2.75, 3.05) is 6.54 Å². The number of urea groups is 2. The first-order valence-electron chi connectivity index (χ1n) is 8.68. The lowest BCUT2D eigenvalue weighted by Crippen LogP contribution is -2.48. The molecule has 0 unspecified atom stereocenters. The highest BCUT2D eigenvalue weighted by molar-refractivity contribution is 6.45. The Kier molecular flexibility index (Phi) is 4.73. The van der Waals surface area contributed by atoms with Crippen LogP contribution in [-0.4, -0.2) is 58.2 Å². The molecule has 9 heteroatoms. The summed E-state index contributed by atoms with van der Waals surface area (Å²) in [7, 11) is 0. The highest BCUT2D eigenvalue weighted by atomic mass is 16.2. The molecule has 2 atom stereocenters. The van der Waals surface area contributed by atoms with Gasteiger partial charge in [0.25, 0.3) is 0 Å². The molecule has 0 aromatic carbocycles. The number of nitrogens with one attached hydrogen (secondary N) is 2. The Morgan fingerprint density at radius 1 is 1.04 bits per heavy atom. The van der Waals surface area contributed by atoms with E-state index < -0.39 is 36.3 Å². The van der Waals surface area contributed by atoms with E-state index in [2.05, 4.69) is 10.6 Å². The Bertz CT molecular complexity index is 630. The van der Waals surface area contributed by atoms with E-state index >= 15 is 0 Å². The maximum atomic E-state index is 12.5. The second kappa shape index (κ2) is 6.81. The van der Waals surface area contributed by atoms with Crippen LogP contribution in [0.3, 0.4) is 0 Å². The zero-order valence-electron chi connectivity index (χ0n) is 14.1. The van der Waals surface area contributed by atoms with Crippen LogP contribution in [-0.2, 0) is 14.4 Å². The maximum Gasteiger partial charge on any atom is 0.334 e. The van der Waals surface area contributed by atoms with Crippen LogP contribution in [0.25, 0.3) is 0 Å². The average Bonchev–Trinajstić information content (AvgIpc) is 3.34. The van der Waals surface area contributed by atoms with Crippen LogP contribution in [0.2, 0.25) is 0 Å². The van der Waals surface area contributed by atoms with Crippen molar-refractivity contribution in [3.8, 4) is 0 Å². The van der Waals surface area contributed by atoms with Crippen molar-refractivity contribution in [1.29, 1.82) is 0 Å². The highest BCUT2D eigenvalue weighted by Crippen LogP contribution is 2.31. The first-order valence-corrected chi connectivity index (χ1v) is 8.68. The zero-order chi connectivity index (χ0) is 18.1. The second-order valence-electron chi connectivity index (χ2n) is 6.97. The SMILES string of the molecule is C[C@H]1CCCC[C@@H]1N1C(=O)C(=O)N(CC(=O)NC(=O)NC2CC2)C1=O. The summed E-state index contributed by atoms with van der Waals surface area (Å²) >= 11 is 0. The summed E-state index contributed by atoms with van der Waals surface area (Å²) in [5.74, 6) is -2.58. The molecule has 0 aromatic rings. The minimum Gasteiger partial charge on any atom is -0.335 e. The summed E-state index contributed by atoms with van der Waals surface area (Å²) in [6, 6.07) is -1.67. The van der Waals surface area contributed by atoms with Gasteiger partial charge in [-0.15, -0.1) is 0 Å². The minimum atomic E-state index is -1.01. The van der Waals surface area contributed by atoms with Gasteiger partial charge in [-0.05, 0) is 31.6 Å². The molecule has 1 heterocycles. The van der Waals surface area contributed by atoms with E-state index in [-0.39, 0.29) is 18.0 Å².